The van der Waals surface area contributed by atoms with Crippen LogP contribution >= 0.6 is 11.8 Å². The maximum atomic E-state index is 13.0. The van der Waals surface area contributed by atoms with Crippen LogP contribution in [0.2, 0.25) is 0 Å². The SMILES string of the molecule is COC(=O)C(CSc1ccnc(-c2ccccc2)c1)NC(=O)C(NC(=O)OC(C)(C)C)C(C)C. The van der Waals surface area contributed by atoms with Gasteiger partial charge in [0.25, 0.3) is 0 Å². The summed E-state index contributed by atoms with van der Waals surface area (Å²) in [6.45, 7) is 8.81. The molecule has 1 heterocycles. The average Bonchev–Trinajstić information content (AvgIpc) is 2.79. The third-order valence-corrected chi connectivity index (χ3v) is 5.73. The van der Waals surface area contributed by atoms with E-state index in [0.717, 1.165) is 16.2 Å². The lowest BCUT2D eigenvalue weighted by Gasteiger charge is -2.26. The number of alkyl carbamates (subject to hydrolysis) is 1. The summed E-state index contributed by atoms with van der Waals surface area (Å²) >= 11 is 1.40. The monoisotopic (exact) mass is 487 g/mol. The van der Waals surface area contributed by atoms with Crippen molar-refractivity contribution in [1.82, 2.24) is 15.6 Å². The van der Waals surface area contributed by atoms with Gasteiger partial charge in [0.15, 0.2) is 0 Å². The minimum absolute atomic E-state index is 0.230. The van der Waals surface area contributed by atoms with E-state index in [1.54, 1.807) is 40.8 Å². The van der Waals surface area contributed by atoms with E-state index in [-0.39, 0.29) is 11.7 Å². The summed E-state index contributed by atoms with van der Waals surface area (Å²) in [4.78, 5) is 42.8. The Kier molecular flexibility index (Phi) is 9.92. The van der Waals surface area contributed by atoms with E-state index in [1.165, 1.54) is 18.9 Å². The lowest BCUT2D eigenvalue weighted by molar-refractivity contribution is -0.144. The van der Waals surface area contributed by atoms with Crippen LogP contribution in [0, 0.1) is 5.92 Å². The highest BCUT2D eigenvalue weighted by Gasteiger charge is 2.30. The number of amides is 2. The summed E-state index contributed by atoms with van der Waals surface area (Å²) in [5.74, 6) is -1.05. The number of carbonyl (C=O) groups is 3. The number of thioether (sulfide) groups is 1. The highest BCUT2D eigenvalue weighted by atomic mass is 32.2. The second kappa shape index (κ2) is 12.4. The Morgan fingerprint density at radius 3 is 2.32 bits per heavy atom. The van der Waals surface area contributed by atoms with E-state index in [4.69, 9.17) is 9.47 Å². The number of nitrogens with one attached hydrogen (secondary N) is 2. The van der Waals surface area contributed by atoms with Crippen LogP contribution in [0.1, 0.15) is 34.6 Å². The van der Waals surface area contributed by atoms with Crippen molar-refractivity contribution in [2.24, 2.45) is 5.92 Å². The minimum atomic E-state index is -0.905. The fourth-order valence-corrected chi connectivity index (χ4v) is 3.92. The molecule has 1 aromatic heterocycles. The summed E-state index contributed by atoms with van der Waals surface area (Å²) in [5, 5.41) is 5.31. The minimum Gasteiger partial charge on any atom is -0.467 e. The maximum Gasteiger partial charge on any atom is 0.408 e. The van der Waals surface area contributed by atoms with Gasteiger partial charge in [0.2, 0.25) is 5.91 Å². The highest BCUT2D eigenvalue weighted by Crippen LogP contribution is 2.24. The van der Waals surface area contributed by atoms with Crippen molar-refractivity contribution < 1.29 is 23.9 Å². The number of carbonyl (C=O) groups excluding carboxylic acids is 3. The van der Waals surface area contributed by atoms with Gasteiger partial charge in [-0.25, -0.2) is 9.59 Å². The van der Waals surface area contributed by atoms with Gasteiger partial charge in [0.1, 0.15) is 17.7 Å². The van der Waals surface area contributed by atoms with E-state index in [1.807, 2.05) is 42.5 Å². The van der Waals surface area contributed by atoms with Crippen LogP contribution in [0.4, 0.5) is 4.79 Å². The predicted octanol–water partition coefficient (Wildman–Crippen LogP) is 4.05. The summed E-state index contributed by atoms with van der Waals surface area (Å²) < 4.78 is 10.2. The van der Waals surface area contributed by atoms with E-state index < -0.39 is 35.7 Å². The zero-order valence-electron chi connectivity index (χ0n) is 20.5. The van der Waals surface area contributed by atoms with Gasteiger partial charge in [-0.15, -0.1) is 11.8 Å². The summed E-state index contributed by atoms with van der Waals surface area (Å²) in [5.41, 5.74) is 1.10. The van der Waals surface area contributed by atoms with Crippen LogP contribution in [-0.2, 0) is 19.1 Å². The molecule has 9 heteroatoms. The first kappa shape index (κ1) is 27.2. The molecule has 0 fully saturated rings. The molecule has 34 heavy (non-hydrogen) atoms. The molecule has 0 aliphatic rings. The van der Waals surface area contributed by atoms with Crippen molar-refractivity contribution in [3.05, 3.63) is 48.7 Å². The van der Waals surface area contributed by atoms with Crippen molar-refractivity contribution in [3.8, 4) is 11.3 Å². The first-order chi connectivity index (χ1) is 16.0. The van der Waals surface area contributed by atoms with Crippen LogP contribution in [0.5, 0.6) is 0 Å². The van der Waals surface area contributed by atoms with Gasteiger partial charge in [0.05, 0.1) is 12.8 Å². The van der Waals surface area contributed by atoms with Gasteiger partial charge in [-0.05, 0) is 38.8 Å². The van der Waals surface area contributed by atoms with Crippen LogP contribution < -0.4 is 10.6 Å². The number of hydrogen-bond acceptors (Lipinski definition) is 7. The molecule has 2 rings (SSSR count). The normalized spacial score (nSPS) is 13.0. The van der Waals surface area contributed by atoms with Crippen molar-refractivity contribution in [1.29, 1.82) is 0 Å². The average molecular weight is 488 g/mol. The third kappa shape index (κ3) is 8.70. The number of ether oxygens (including phenoxy) is 2. The lowest BCUT2D eigenvalue weighted by atomic mass is 10.0. The van der Waals surface area contributed by atoms with Crippen LogP contribution in [0.3, 0.4) is 0 Å². The number of pyridine rings is 1. The van der Waals surface area contributed by atoms with Crippen molar-refractivity contribution in [2.45, 2.75) is 57.2 Å². The van der Waals surface area contributed by atoms with Gasteiger partial charge in [0, 0.05) is 22.4 Å². The number of hydrogen-bond donors (Lipinski definition) is 2. The third-order valence-electron chi connectivity index (χ3n) is 4.64. The molecule has 0 aliphatic carbocycles. The molecule has 0 radical (unpaired) electrons. The molecule has 184 valence electrons. The molecular weight excluding hydrogens is 454 g/mol. The molecular formula is C25H33N3O5S. The molecule has 0 spiro atoms. The van der Waals surface area contributed by atoms with Crippen molar-refractivity contribution in [3.63, 3.8) is 0 Å². The zero-order chi connectivity index (χ0) is 25.3. The van der Waals surface area contributed by atoms with Gasteiger partial charge in [-0.1, -0.05) is 44.2 Å². The molecule has 2 amide bonds. The molecule has 2 atom stereocenters. The van der Waals surface area contributed by atoms with E-state index in [0.29, 0.717) is 0 Å². The number of rotatable bonds is 9. The topological polar surface area (TPSA) is 107 Å². The molecule has 2 unspecified atom stereocenters. The molecule has 1 aromatic carbocycles. The zero-order valence-corrected chi connectivity index (χ0v) is 21.3. The van der Waals surface area contributed by atoms with E-state index >= 15 is 0 Å². The second-order valence-electron chi connectivity index (χ2n) is 9.01. The molecule has 0 saturated carbocycles. The highest BCUT2D eigenvalue weighted by molar-refractivity contribution is 7.99. The smallest absolute Gasteiger partial charge is 0.408 e. The first-order valence-electron chi connectivity index (χ1n) is 11.0. The second-order valence-corrected chi connectivity index (χ2v) is 10.1. The van der Waals surface area contributed by atoms with Gasteiger partial charge < -0.3 is 20.1 Å². The summed E-state index contributed by atoms with van der Waals surface area (Å²) in [7, 11) is 1.27. The molecule has 0 bridgehead atoms. The van der Waals surface area contributed by atoms with Crippen molar-refractivity contribution in [2.75, 3.05) is 12.9 Å². The number of nitrogens with zero attached hydrogens (tertiary/aromatic N) is 1. The Bertz CT molecular complexity index is 976. The maximum absolute atomic E-state index is 13.0. The fourth-order valence-electron chi connectivity index (χ4n) is 2.99. The lowest BCUT2D eigenvalue weighted by Crippen LogP contribution is -2.55. The van der Waals surface area contributed by atoms with E-state index in [2.05, 4.69) is 15.6 Å². The van der Waals surface area contributed by atoms with E-state index in [9.17, 15) is 14.4 Å². The molecule has 0 saturated heterocycles. The van der Waals surface area contributed by atoms with Crippen LogP contribution in [0.25, 0.3) is 11.3 Å². The van der Waals surface area contributed by atoms with Crippen molar-refractivity contribution >= 4 is 29.7 Å². The van der Waals surface area contributed by atoms with Gasteiger partial charge >= 0.3 is 12.1 Å². The Morgan fingerprint density at radius 1 is 1.06 bits per heavy atom. The van der Waals surface area contributed by atoms with Gasteiger partial charge in [-0.2, -0.15) is 0 Å². The number of methoxy groups -OCH3 is 1. The standard InChI is InChI=1S/C25H33N3O5S/c1-16(2)21(28-24(31)33-25(3,4)5)22(29)27-20(23(30)32-6)15-34-18-12-13-26-19(14-18)17-10-8-7-9-11-17/h7-14,16,20-21H,15H2,1-6H3,(H,27,29)(H,28,31). The summed E-state index contributed by atoms with van der Waals surface area (Å²) in [6, 6.07) is 11.7. The molecule has 8 nitrogen and oxygen atoms in total. The van der Waals surface area contributed by atoms with Crippen LogP contribution in [-0.4, -0.2) is 53.5 Å². The Balaban J connectivity index is 2.08. The Morgan fingerprint density at radius 2 is 1.74 bits per heavy atom. The fraction of sp³-hybridized carbons (Fsp3) is 0.440. The predicted molar refractivity (Wildman–Crippen MR) is 132 cm³/mol. The number of esters is 1. The quantitative estimate of drug-likeness (QED) is 0.406. The summed E-state index contributed by atoms with van der Waals surface area (Å²) in [6.07, 6.45) is 1.01. The molecule has 2 N–H and O–H groups in total. The van der Waals surface area contributed by atoms with Gasteiger partial charge in [-0.3, -0.25) is 9.78 Å². The molecule has 0 aliphatic heterocycles. The largest absolute Gasteiger partial charge is 0.467 e. The Hall–Kier alpha value is -3.07. The van der Waals surface area contributed by atoms with Crippen LogP contribution in [0.15, 0.2) is 53.6 Å². The number of aromatic nitrogens is 1. The Labute approximate surface area is 205 Å². The number of benzene rings is 1. The molecule has 2 aromatic rings. The first-order valence-corrected chi connectivity index (χ1v) is 12.0.